The summed E-state index contributed by atoms with van der Waals surface area (Å²) in [6.45, 7) is 0. The van der Waals surface area contributed by atoms with E-state index in [1.807, 2.05) is 22.9 Å². The summed E-state index contributed by atoms with van der Waals surface area (Å²) in [7, 11) is 0. The van der Waals surface area contributed by atoms with E-state index in [-0.39, 0.29) is 18.2 Å². The predicted molar refractivity (Wildman–Crippen MR) is 116 cm³/mol. The van der Waals surface area contributed by atoms with E-state index < -0.39 is 0 Å². The second kappa shape index (κ2) is 8.76. The fourth-order valence-corrected chi connectivity index (χ4v) is 4.28. The second-order valence-electron chi connectivity index (χ2n) is 6.12. The fourth-order valence-electron chi connectivity index (χ4n) is 2.65. The van der Waals surface area contributed by atoms with Crippen molar-refractivity contribution in [1.82, 2.24) is 9.97 Å². The Morgan fingerprint density at radius 3 is 2.59 bits per heavy atom. The number of carbonyl (C=O) groups is 2. The fraction of sp³-hybridized carbons (Fsp3) is 0.0476. The summed E-state index contributed by atoms with van der Waals surface area (Å²) in [5.74, 6) is -0.438. The van der Waals surface area contributed by atoms with E-state index in [1.54, 1.807) is 60.1 Å². The molecule has 0 unspecified atom stereocenters. The lowest BCUT2D eigenvalue weighted by atomic mass is 10.1. The van der Waals surface area contributed by atoms with Gasteiger partial charge in [0.1, 0.15) is 5.01 Å². The van der Waals surface area contributed by atoms with Crippen LogP contribution in [0.4, 0.5) is 11.4 Å². The maximum Gasteiger partial charge on any atom is 0.255 e. The Morgan fingerprint density at radius 1 is 0.931 bits per heavy atom. The zero-order valence-corrected chi connectivity index (χ0v) is 16.8. The number of nitrogens with zero attached hydrogens (tertiary/aromatic N) is 2. The molecule has 0 aliphatic rings. The van der Waals surface area contributed by atoms with E-state index in [9.17, 15) is 9.59 Å². The van der Waals surface area contributed by atoms with E-state index >= 15 is 0 Å². The minimum absolute atomic E-state index is 0.176. The van der Waals surface area contributed by atoms with Crippen molar-refractivity contribution in [1.29, 1.82) is 0 Å². The van der Waals surface area contributed by atoms with Gasteiger partial charge in [0.05, 0.1) is 17.0 Å². The molecule has 0 saturated carbocycles. The Bertz CT molecular complexity index is 1120. The van der Waals surface area contributed by atoms with Gasteiger partial charge in [-0.2, -0.15) is 0 Å². The first-order valence-corrected chi connectivity index (χ1v) is 10.5. The van der Waals surface area contributed by atoms with Crippen LogP contribution in [0, 0.1) is 0 Å². The third-order valence-corrected chi connectivity index (χ3v) is 5.90. The number of thiophene rings is 1. The molecular formula is C21H16N4O2S2. The number of hydrogen-bond donors (Lipinski definition) is 2. The van der Waals surface area contributed by atoms with Crippen molar-refractivity contribution in [3.63, 3.8) is 0 Å². The number of amides is 2. The Kier molecular flexibility index (Phi) is 5.73. The van der Waals surface area contributed by atoms with Gasteiger partial charge >= 0.3 is 0 Å². The molecule has 4 rings (SSSR count). The third kappa shape index (κ3) is 4.92. The van der Waals surface area contributed by atoms with Gasteiger partial charge in [-0.05, 0) is 41.8 Å². The zero-order chi connectivity index (χ0) is 20.1. The van der Waals surface area contributed by atoms with Crippen molar-refractivity contribution in [2.45, 2.75) is 6.42 Å². The van der Waals surface area contributed by atoms with Crippen molar-refractivity contribution >= 4 is 45.9 Å². The highest BCUT2D eigenvalue weighted by Gasteiger charge is 2.11. The first-order valence-electron chi connectivity index (χ1n) is 8.77. The number of anilines is 2. The van der Waals surface area contributed by atoms with Crippen LogP contribution < -0.4 is 10.6 Å². The van der Waals surface area contributed by atoms with Crippen LogP contribution >= 0.6 is 22.7 Å². The monoisotopic (exact) mass is 420 g/mol. The molecule has 0 radical (unpaired) electrons. The molecule has 6 nitrogen and oxygen atoms in total. The number of carbonyl (C=O) groups excluding carboxylic acids is 2. The van der Waals surface area contributed by atoms with Crippen LogP contribution in [-0.4, -0.2) is 21.8 Å². The number of pyridine rings is 1. The first-order chi connectivity index (χ1) is 14.2. The summed E-state index contributed by atoms with van der Waals surface area (Å²) in [5, 5.41) is 10.4. The molecule has 8 heteroatoms. The standard InChI is InChI=1S/C21H16N4O2S2/c26-19(12-17-13-29-21(25-17)18-5-2-10-28-18)23-16-4-1-3-14(11-16)20(27)24-15-6-8-22-9-7-15/h1-11,13H,12H2,(H,23,26)(H,22,24,27). The van der Waals surface area contributed by atoms with Crippen LogP contribution in [0.3, 0.4) is 0 Å². The lowest BCUT2D eigenvalue weighted by Gasteiger charge is -2.08. The van der Waals surface area contributed by atoms with Gasteiger partial charge in [-0.25, -0.2) is 4.98 Å². The number of rotatable bonds is 6. The SMILES string of the molecule is O=C(Cc1csc(-c2cccs2)n1)Nc1cccc(C(=O)Nc2ccncc2)c1. The maximum absolute atomic E-state index is 12.4. The molecule has 0 saturated heterocycles. The Morgan fingerprint density at radius 2 is 1.79 bits per heavy atom. The van der Waals surface area contributed by atoms with E-state index in [2.05, 4.69) is 20.6 Å². The Labute approximate surface area is 175 Å². The van der Waals surface area contributed by atoms with Gasteiger partial charge in [-0.3, -0.25) is 14.6 Å². The summed E-state index contributed by atoms with van der Waals surface area (Å²) < 4.78 is 0. The highest BCUT2D eigenvalue weighted by molar-refractivity contribution is 7.20. The average molecular weight is 421 g/mol. The van der Waals surface area contributed by atoms with Gasteiger partial charge in [0.25, 0.3) is 5.91 Å². The molecule has 29 heavy (non-hydrogen) atoms. The topological polar surface area (TPSA) is 84.0 Å². The minimum atomic E-state index is -0.257. The molecule has 0 aliphatic heterocycles. The highest BCUT2D eigenvalue weighted by atomic mass is 32.1. The number of hydrogen-bond acceptors (Lipinski definition) is 6. The van der Waals surface area contributed by atoms with E-state index in [1.165, 1.54) is 11.3 Å². The van der Waals surface area contributed by atoms with Crippen molar-refractivity contribution in [2.24, 2.45) is 0 Å². The molecule has 0 atom stereocenters. The van der Waals surface area contributed by atoms with E-state index in [0.29, 0.717) is 16.9 Å². The molecular weight excluding hydrogens is 404 g/mol. The largest absolute Gasteiger partial charge is 0.326 e. The molecule has 4 aromatic rings. The molecule has 2 N–H and O–H groups in total. The quantitative estimate of drug-likeness (QED) is 0.474. The van der Waals surface area contributed by atoms with E-state index in [4.69, 9.17) is 0 Å². The first kappa shape index (κ1) is 19.0. The van der Waals surface area contributed by atoms with Gasteiger partial charge in [0, 0.05) is 34.7 Å². The minimum Gasteiger partial charge on any atom is -0.326 e. The van der Waals surface area contributed by atoms with Crippen LogP contribution in [0.1, 0.15) is 16.1 Å². The molecule has 0 bridgehead atoms. The molecule has 0 spiro atoms. The average Bonchev–Trinajstić information content (AvgIpc) is 3.41. The normalized spacial score (nSPS) is 10.5. The van der Waals surface area contributed by atoms with Crippen molar-refractivity contribution in [3.05, 3.63) is 82.9 Å². The van der Waals surface area contributed by atoms with Crippen molar-refractivity contribution in [2.75, 3.05) is 10.6 Å². The predicted octanol–water partition coefficient (Wildman–Crippen LogP) is 4.70. The van der Waals surface area contributed by atoms with Crippen LogP contribution in [-0.2, 0) is 11.2 Å². The van der Waals surface area contributed by atoms with Crippen LogP contribution in [0.2, 0.25) is 0 Å². The number of benzene rings is 1. The number of thiazole rings is 1. The molecule has 3 heterocycles. The zero-order valence-electron chi connectivity index (χ0n) is 15.2. The van der Waals surface area contributed by atoms with E-state index in [0.717, 1.165) is 15.6 Å². The molecule has 2 amide bonds. The molecule has 0 fully saturated rings. The van der Waals surface area contributed by atoms with Gasteiger partial charge in [-0.15, -0.1) is 22.7 Å². The van der Waals surface area contributed by atoms with Gasteiger partial charge in [0.15, 0.2) is 0 Å². The third-order valence-electron chi connectivity index (χ3n) is 3.97. The number of nitrogens with one attached hydrogen (secondary N) is 2. The molecule has 3 aromatic heterocycles. The van der Waals surface area contributed by atoms with Gasteiger partial charge < -0.3 is 10.6 Å². The Balaban J connectivity index is 1.38. The number of aromatic nitrogens is 2. The molecule has 0 aliphatic carbocycles. The molecule has 144 valence electrons. The summed E-state index contributed by atoms with van der Waals surface area (Å²) in [6, 6.07) is 14.2. The summed E-state index contributed by atoms with van der Waals surface area (Å²) in [5.41, 5.74) is 2.39. The van der Waals surface area contributed by atoms with Crippen LogP contribution in [0.5, 0.6) is 0 Å². The lowest BCUT2D eigenvalue weighted by molar-refractivity contribution is -0.115. The van der Waals surface area contributed by atoms with Crippen molar-refractivity contribution < 1.29 is 9.59 Å². The lowest BCUT2D eigenvalue weighted by Crippen LogP contribution is -2.16. The summed E-state index contributed by atoms with van der Waals surface area (Å²) in [4.78, 5) is 34.3. The van der Waals surface area contributed by atoms with Gasteiger partial charge in [-0.1, -0.05) is 12.1 Å². The van der Waals surface area contributed by atoms with Crippen LogP contribution in [0.25, 0.3) is 9.88 Å². The van der Waals surface area contributed by atoms with Gasteiger partial charge in [0.2, 0.25) is 5.91 Å². The van der Waals surface area contributed by atoms with Crippen LogP contribution in [0.15, 0.2) is 71.7 Å². The molecule has 1 aromatic carbocycles. The Hall–Kier alpha value is -3.36. The smallest absolute Gasteiger partial charge is 0.255 e. The second-order valence-corrected chi connectivity index (χ2v) is 7.92. The van der Waals surface area contributed by atoms with Crippen molar-refractivity contribution in [3.8, 4) is 9.88 Å². The summed E-state index contributed by atoms with van der Waals surface area (Å²) in [6.07, 6.45) is 3.39. The highest BCUT2D eigenvalue weighted by Crippen LogP contribution is 2.28. The summed E-state index contributed by atoms with van der Waals surface area (Å²) >= 11 is 3.15. The maximum atomic E-state index is 12.4.